The van der Waals surface area contributed by atoms with Gasteiger partial charge in [-0.15, -0.1) is 0 Å². The Morgan fingerprint density at radius 3 is 1.39 bits per heavy atom. The lowest BCUT2D eigenvalue weighted by Crippen LogP contribution is -2.62. The number of carboxylic acid groups (broad SMARTS) is 4. The van der Waals surface area contributed by atoms with Gasteiger partial charge in [0.15, 0.2) is 5.78 Å². The summed E-state index contributed by atoms with van der Waals surface area (Å²) < 4.78 is 0. The number of hydrogen-bond acceptors (Lipinski definition) is 25. The van der Waals surface area contributed by atoms with Gasteiger partial charge in [-0.2, -0.15) is 35.3 Å². The van der Waals surface area contributed by atoms with Crippen molar-refractivity contribution in [2.75, 3.05) is 30.9 Å². The van der Waals surface area contributed by atoms with E-state index in [4.69, 9.17) is 11.5 Å². The lowest BCUT2D eigenvalue weighted by atomic mass is 9.85. The highest BCUT2D eigenvalue weighted by Crippen LogP contribution is 2.27. The van der Waals surface area contributed by atoms with E-state index in [2.05, 4.69) is 74.4 Å². The van der Waals surface area contributed by atoms with Crippen LogP contribution in [0.4, 0.5) is 0 Å². The molecule has 2 heterocycles. The van der Waals surface area contributed by atoms with E-state index in [-0.39, 0.29) is 58.7 Å². The molecule has 0 radical (unpaired) electrons. The SMILES string of the molecule is CN[C@H]1CSCc2cc3cc(c2)CSC[C@@H](NC(=O)[C@@H](C)NC(=O)[C@H](Cc2cccc4ccccc24)NC(=O)[C@H](CCC(=O)O)NC(=O)[C@H](CC(N)=O)NC(=O)[C@@H](C)NC1=O)C(=O)CN[C@@H](CCCC(=O)O)C(=O)N[C@@H](CC(=O)O)C(=O)N[C@@H](Cc1ccccc1)C(=O)N[C@@H](Cc1ccc(O)cc1)C(=O)N[C@@H](CCC(=O)O)C(=O)N[C@@H](C(C)(C)C)C(=O)N[C@H](C(N)=O)CSC3. The molecule has 0 aromatic heterocycles. The van der Waals surface area contributed by atoms with Crippen LogP contribution in [0.25, 0.3) is 10.8 Å². The Bertz CT molecular complexity index is 4940. The van der Waals surface area contributed by atoms with Gasteiger partial charge in [0, 0.05) is 73.0 Å². The predicted molar refractivity (Wildman–Crippen MR) is 479 cm³/mol. The highest BCUT2D eigenvalue weighted by molar-refractivity contribution is 7.99. The molecule has 0 saturated carbocycles. The molecule has 2 aliphatic rings. The summed E-state index contributed by atoms with van der Waals surface area (Å²) in [5, 5.41) is 87.6. The number of fused-ring (bicyclic) bond motifs is 6. The van der Waals surface area contributed by atoms with Gasteiger partial charge in [0.05, 0.1) is 37.5 Å². The molecule has 4 bridgehead atoms. The third kappa shape index (κ3) is 34.4. The van der Waals surface area contributed by atoms with E-state index in [0.29, 0.717) is 38.6 Å². The number of amides is 14. The van der Waals surface area contributed by atoms with Crippen LogP contribution in [0.5, 0.6) is 5.75 Å². The maximum Gasteiger partial charge on any atom is 0.305 e. The molecule has 7 rings (SSSR count). The minimum atomic E-state index is -2.09. The second-order valence-electron chi connectivity index (χ2n) is 32.5. The molecule has 5 aromatic carbocycles. The zero-order valence-corrected chi connectivity index (χ0v) is 74.8. The van der Waals surface area contributed by atoms with Crippen molar-refractivity contribution in [3.63, 3.8) is 0 Å². The van der Waals surface area contributed by atoms with E-state index in [1.54, 1.807) is 112 Å². The van der Waals surface area contributed by atoms with Gasteiger partial charge in [-0.05, 0) is 108 Å². The fourth-order valence-electron chi connectivity index (χ4n) is 13.9. The lowest BCUT2D eigenvalue weighted by Gasteiger charge is -2.33. The lowest BCUT2D eigenvalue weighted by molar-refractivity contribution is -0.141. The summed E-state index contributed by atoms with van der Waals surface area (Å²) in [6.45, 7) is 6.32. The Balaban J connectivity index is 1.36. The quantitative estimate of drug-likeness (QED) is 0.0389. The molecule has 0 spiro atoms. The number of hydrogen-bond donors (Lipinski definition) is 21. The number of ketones is 1. The predicted octanol–water partition coefficient (Wildman–Crippen LogP) is -1.16. The van der Waals surface area contributed by atoms with Crippen molar-refractivity contribution in [1.82, 2.24) is 74.4 Å². The van der Waals surface area contributed by atoms with E-state index in [1.807, 2.05) is 0 Å². The van der Waals surface area contributed by atoms with Crippen molar-refractivity contribution in [2.24, 2.45) is 16.9 Å². The molecule has 130 heavy (non-hydrogen) atoms. The van der Waals surface area contributed by atoms with E-state index in [1.165, 1.54) is 56.9 Å². The number of phenolic OH excluding ortho intramolecular Hbond substituents is 1. The molecule has 2 aliphatic heterocycles. The van der Waals surface area contributed by atoms with Gasteiger partial charge in [-0.1, -0.05) is 124 Å². The first kappa shape index (κ1) is 104. The topological polar surface area (TPSA) is 646 Å². The van der Waals surface area contributed by atoms with Gasteiger partial charge >= 0.3 is 23.9 Å². The molecule has 0 unspecified atom stereocenters. The molecule has 23 N–H and O–H groups in total. The average molecular weight is 1860 g/mol. The Morgan fingerprint density at radius 1 is 0.423 bits per heavy atom. The Morgan fingerprint density at radius 2 is 0.862 bits per heavy atom. The van der Waals surface area contributed by atoms with Crippen molar-refractivity contribution in [2.45, 2.75) is 214 Å². The number of carbonyl (C=O) groups is 19. The molecule has 0 fully saturated rings. The number of Topliss-reactive ketones (excluding diaryl/α,β-unsaturated/α-hetero) is 1. The van der Waals surface area contributed by atoms with Crippen LogP contribution in [-0.4, -0.2) is 253 Å². The number of thioether (sulfide) groups is 3. The van der Waals surface area contributed by atoms with E-state index < -0.39 is 273 Å². The van der Waals surface area contributed by atoms with Crippen molar-refractivity contribution < 1.29 is 117 Å². The molecular weight excluding hydrogens is 1750 g/mol. The second-order valence-corrected chi connectivity index (χ2v) is 35.6. The van der Waals surface area contributed by atoms with Gasteiger partial charge in [0.1, 0.15) is 72.2 Å². The second kappa shape index (κ2) is 50.9. The number of benzene rings is 5. The van der Waals surface area contributed by atoms with Crippen LogP contribution in [0.15, 0.2) is 115 Å². The van der Waals surface area contributed by atoms with Gasteiger partial charge in [0.25, 0.3) is 0 Å². The molecule has 0 saturated heterocycles. The first-order valence-corrected chi connectivity index (χ1v) is 45.2. The van der Waals surface area contributed by atoms with Gasteiger partial charge in [-0.25, -0.2) is 0 Å². The molecule has 702 valence electrons. The van der Waals surface area contributed by atoms with Crippen LogP contribution in [0, 0.1) is 5.41 Å². The van der Waals surface area contributed by atoms with Crippen molar-refractivity contribution in [3.8, 4) is 5.75 Å². The number of phenols is 1. The first-order valence-electron chi connectivity index (χ1n) is 41.7. The summed E-state index contributed by atoms with van der Waals surface area (Å²) in [5.41, 5.74) is 13.2. The number of aromatic hydroxyl groups is 1. The highest BCUT2D eigenvalue weighted by atomic mass is 32.2. The largest absolute Gasteiger partial charge is 0.508 e. The standard InChI is InChI=1S/C87H112N16O24S3/c1-45-75(116)96-62(36-68(88)106)83(124)94-57(26-28-70(109)110)78(119)99-61(35-53-18-12-17-52-16-10-11-19-55(52)53)80(121)92-46(2)76(117)101-64-42-128-39-49-30-50(32-51(31-49)41-130-44-66(90-6)85(126)93-45)40-129-43-65(74(89)115)102-86(127)73(87(3,4)5)103-79(120)58(27-29-71(111)112)95-81(122)60(34-48-22-24-54(104)25-23-48)97-82(123)59(33-47-14-8-7-9-15-47)98-84(125)63(37-72(113)114)100-77(118)56(91-38-67(64)105)20-13-21-69(107)108/h7-12,14-19,22-25,30-32,45-46,56-66,73,90-91,104H,13,20-21,26-29,33-44H2,1-6H3,(H2,88,106)(H2,89,115)(H,92,121)(H,93,126)(H,94,124)(H,95,122)(H,96,116)(H,97,123)(H,98,125)(H,99,119)(H,100,118)(H,101,117)(H,102,127)(H,103,120)(H,107,108)(H,109,110)(H,111,112)(H,113,114)/t45-,46-,56+,57+,58+,59+,60+,61+,62+,63+,64-,65+,66+,73-/m1/s1. The minimum absolute atomic E-state index is 0.0250. The van der Waals surface area contributed by atoms with Crippen molar-refractivity contribution in [1.29, 1.82) is 0 Å². The summed E-state index contributed by atoms with van der Waals surface area (Å²) in [5.74, 6) is -22.3. The Hall–Kier alpha value is -12.7. The number of rotatable bonds is 22. The van der Waals surface area contributed by atoms with E-state index >= 15 is 14.4 Å². The number of carboxylic acids is 4. The number of likely N-dealkylation sites (N-methyl/N-ethyl adjacent to an activating group) is 1. The van der Waals surface area contributed by atoms with Crippen LogP contribution in [-0.2, 0) is 128 Å². The summed E-state index contributed by atoms with van der Waals surface area (Å²) in [7, 11) is 1.47. The highest BCUT2D eigenvalue weighted by Gasteiger charge is 2.41. The monoisotopic (exact) mass is 1860 g/mol. The third-order valence-corrected chi connectivity index (χ3v) is 24.2. The summed E-state index contributed by atoms with van der Waals surface area (Å²) in [6.07, 6.45) is -7.32. The van der Waals surface area contributed by atoms with Crippen LogP contribution in [0.3, 0.4) is 0 Å². The maximum atomic E-state index is 15.2. The molecular formula is C87H112N16O24S3. The summed E-state index contributed by atoms with van der Waals surface area (Å²) in [4.78, 5) is 267. The summed E-state index contributed by atoms with van der Waals surface area (Å²) in [6, 6.07) is 7.43. The van der Waals surface area contributed by atoms with Crippen LogP contribution in [0.2, 0.25) is 0 Å². The number of carbonyl (C=O) groups excluding carboxylic acids is 15. The van der Waals surface area contributed by atoms with Crippen LogP contribution in [0.1, 0.15) is 126 Å². The number of aliphatic carboxylic acids is 4. The minimum Gasteiger partial charge on any atom is -0.508 e. The number of primary amides is 2. The fraction of sp³-hybridized carbons (Fsp3) is 0.460. The van der Waals surface area contributed by atoms with E-state index in [9.17, 15) is 102 Å². The molecule has 40 nitrogen and oxygen atoms in total. The number of nitrogens with one attached hydrogen (secondary N) is 14. The molecule has 14 atom stereocenters. The van der Waals surface area contributed by atoms with Crippen LogP contribution < -0.4 is 85.9 Å². The van der Waals surface area contributed by atoms with Gasteiger partial charge in [-0.3, -0.25) is 96.4 Å². The average Bonchev–Trinajstić information content (AvgIpc) is 0.806. The normalized spacial score (nSPS) is 24.1. The van der Waals surface area contributed by atoms with Crippen LogP contribution >= 0.6 is 35.3 Å². The molecule has 14 amide bonds. The Kier molecular flexibility index (Phi) is 40.8. The van der Waals surface area contributed by atoms with Crippen molar-refractivity contribution >= 4 is 158 Å². The zero-order chi connectivity index (χ0) is 95.6. The van der Waals surface area contributed by atoms with Gasteiger partial charge < -0.3 is 106 Å². The zero-order valence-electron chi connectivity index (χ0n) is 72.4. The molecule has 43 heteroatoms. The smallest absolute Gasteiger partial charge is 0.305 e. The van der Waals surface area contributed by atoms with Crippen molar-refractivity contribution in [3.05, 3.63) is 149 Å². The number of nitrogens with two attached hydrogens (primary N) is 2. The molecule has 0 aliphatic carbocycles. The molecule has 5 aromatic rings. The maximum absolute atomic E-state index is 15.2. The van der Waals surface area contributed by atoms with Gasteiger partial charge in [0.2, 0.25) is 82.7 Å². The third-order valence-electron chi connectivity index (χ3n) is 20.9. The van der Waals surface area contributed by atoms with E-state index in [0.717, 1.165) is 23.5 Å². The summed E-state index contributed by atoms with van der Waals surface area (Å²) >= 11 is 3.45. The first-order chi connectivity index (χ1) is 61.5. The fourth-order valence-corrected chi connectivity index (χ4v) is 17.0. The Labute approximate surface area is 761 Å².